The van der Waals surface area contributed by atoms with E-state index in [4.69, 9.17) is 5.11 Å². The first kappa shape index (κ1) is 14.8. The van der Waals surface area contributed by atoms with Crippen LogP contribution in [0.5, 0.6) is 0 Å². The minimum Gasteiger partial charge on any atom is -0.481 e. The maximum Gasteiger partial charge on any atom is 0.307 e. The standard InChI is InChI=1S/C15H21FN2O2/c1-11(15(19)20)12(2)17-7-9-18(10-8-17)14-5-3-13(16)4-6-14/h3-6,11-12H,7-10H2,1-2H3,(H,19,20). The number of carbonyl (C=O) groups is 1. The van der Waals surface area contributed by atoms with Crippen LogP contribution in [0.15, 0.2) is 24.3 Å². The maximum absolute atomic E-state index is 12.9. The number of rotatable bonds is 4. The zero-order valence-electron chi connectivity index (χ0n) is 11.9. The number of anilines is 1. The highest BCUT2D eigenvalue weighted by molar-refractivity contribution is 5.70. The maximum atomic E-state index is 12.9. The van der Waals surface area contributed by atoms with Gasteiger partial charge >= 0.3 is 5.97 Å². The van der Waals surface area contributed by atoms with E-state index in [1.54, 1.807) is 19.1 Å². The molecule has 2 atom stereocenters. The molecular weight excluding hydrogens is 259 g/mol. The fraction of sp³-hybridized carbons (Fsp3) is 0.533. The molecule has 2 unspecified atom stereocenters. The number of nitrogens with zero attached hydrogens (tertiary/aromatic N) is 2. The average molecular weight is 280 g/mol. The van der Waals surface area contributed by atoms with Crippen molar-refractivity contribution in [2.75, 3.05) is 31.1 Å². The topological polar surface area (TPSA) is 43.8 Å². The molecule has 20 heavy (non-hydrogen) atoms. The molecule has 1 aliphatic rings. The number of carboxylic acids is 1. The van der Waals surface area contributed by atoms with Crippen LogP contribution in [0, 0.1) is 11.7 Å². The third kappa shape index (κ3) is 3.28. The molecule has 4 nitrogen and oxygen atoms in total. The molecule has 2 rings (SSSR count). The van der Waals surface area contributed by atoms with Crippen molar-refractivity contribution in [2.24, 2.45) is 5.92 Å². The van der Waals surface area contributed by atoms with Crippen LogP contribution in [0.25, 0.3) is 0 Å². The Bertz CT molecular complexity index is 455. The largest absolute Gasteiger partial charge is 0.481 e. The van der Waals surface area contributed by atoms with Gasteiger partial charge in [0.05, 0.1) is 5.92 Å². The molecule has 1 aromatic carbocycles. The van der Waals surface area contributed by atoms with Crippen LogP contribution in [0.1, 0.15) is 13.8 Å². The summed E-state index contributed by atoms with van der Waals surface area (Å²) in [6.07, 6.45) is 0. The lowest BCUT2D eigenvalue weighted by Crippen LogP contribution is -2.52. The Hall–Kier alpha value is -1.62. The summed E-state index contributed by atoms with van der Waals surface area (Å²) in [5, 5.41) is 9.07. The van der Waals surface area contributed by atoms with Gasteiger partial charge in [-0.2, -0.15) is 0 Å². The molecule has 0 spiro atoms. The van der Waals surface area contributed by atoms with Crippen LogP contribution < -0.4 is 4.90 Å². The third-order valence-corrected chi connectivity index (χ3v) is 4.20. The van der Waals surface area contributed by atoms with Crippen LogP contribution in [0.3, 0.4) is 0 Å². The lowest BCUT2D eigenvalue weighted by molar-refractivity contribution is -0.143. The van der Waals surface area contributed by atoms with Gasteiger partial charge in [-0.15, -0.1) is 0 Å². The fourth-order valence-electron chi connectivity index (χ4n) is 2.56. The van der Waals surface area contributed by atoms with Crippen molar-refractivity contribution in [3.63, 3.8) is 0 Å². The van der Waals surface area contributed by atoms with Crippen molar-refractivity contribution in [1.29, 1.82) is 0 Å². The van der Waals surface area contributed by atoms with Gasteiger partial charge < -0.3 is 10.0 Å². The average Bonchev–Trinajstić information content (AvgIpc) is 2.46. The minimum atomic E-state index is -0.751. The van der Waals surface area contributed by atoms with Crippen molar-refractivity contribution in [2.45, 2.75) is 19.9 Å². The summed E-state index contributed by atoms with van der Waals surface area (Å²) >= 11 is 0. The van der Waals surface area contributed by atoms with Crippen molar-refractivity contribution in [3.8, 4) is 0 Å². The molecule has 0 radical (unpaired) electrons. The molecule has 1 heterocycles. The summed E-state index contributed by atoms with van der Waals surface area (Å²) in [4.78, 5) is 15.4. The first-order valence-electron chi connectivity index (χ1n) is 6.96. The molecular formula is C15H21FN2O2. The summed E-state index contributed by atoms with van der Waals surface area (Å²) in [6, 6.07) is 6.54. The van der Waals surface area contributed by atoms with Gasteiger partial charge in [0.2, 0.25) is 0 Å². The predicted octanol–water partition coefficient (Wildman–Crippen LogP) is 2.06. The summed E-state index contributed by atoms with van der Waals surface area (Å²) in [7, 11) is 0. The van der Waals surface area contributed by atoms with E-state index < -0.39 is 5.97 Å². The Kier molecular flexibility index (Phi) is 4.60. The second-order valence-electron chi connectivity index (χ2n) is 5.37. The summed E-state index contributed by atoms with van der Waals surface area (Å²) in [5.41, 5.74) is 1.02. The molecule has 1 aromatic rings. The van der Waals surface area contributed by atoms with Gasteiger partial charge in [0.1, 0.15) is 5.82 Å². The number of hydrogen-bond acceptors (Lipinski definition) is 3. The van der Waals surface area contributed by atoms with Crippen LogP contribution in [-0.4, -0.2) is 48.2 Å². The SMILES string of the molecule is CC(C(=O)O)C(C)N1CCN(c2ccc(F)cc2)CC1. The first-order valence-corrected chi connectivity index (χ1v) is 6.96. The monoisotopic (exact) mass is 280 g/mol. The van der Waals surface area contributed by atoms with E-state index >= 15 is 0 Å². The number of halogens is 1. The second-order valence-corrected chi connectivity index (χ2v) is 5.37. The summed E-state index contributed by atoms with van der Waals surface area (Å²) in [5.74, 6) is -1.35. The first-order chi connectivity index (χ1) is 9.49. The third-order valence-electron chi connectivity index (χ3n) is 4.20. The highest BCUT2D eigenvalue weighted by Gasteiger charge is 2.28. The number of piperazine rings is 1. The number of carboxylic acid groups (broad SMARTS) is 1. The Balaban J connectivity index is 1.92. The van der Waals surface area contributed by atoms with Gasteiger partial charge in [-0.1, -0.05) is 6.92 Å². The van der Waals surface area contributed by atoms with Gasteiger partial charge in [-0.3, -0.25) is 9.69 Å². The molecule has 110 valence electrons. The summed E-state index contributed by atoms with van der Waals surface area (Å²) in [6.45, 7) is 7.04. The van der Waals surface area contributed by atoms with E-state index in [-0.39, 0.29) is 17.8 Å². The zero-order valence-corrected chi connectivity index (χ0v) is 11.9. The van der Waals surface area contributed by atoms with Crippen molar-refractivity contribution in [1.82, 2.24) is 4.90 Å². The molecule has 0 amide bonds. The van der Waals surface area contributed by atoms with Crippen molar-refractivity contribution in [3.05, 3.63) is 30.1 Å². The van der Waals surface area contributed by atoms with Gasteiger partial charge in [-0.25, -0.2) is 4.39 Å². The minimum absolute atomic E-state index is 0.0304. The molecule has 1 fully saturated rings. The Morgan fingerprint density at radius 3 is 2.20 bits per heavy atom. The molecule has 0 bridgehead atoms. The van der Waals surface area contributed by atoms with Crippen molar-refractivity contribution >= 4 is 11.7 Å². The van der Waals surface area contributed by atoms with Crippen LogP contribution in [0.4, 0.5) is 10.1 Å². The van der Waals surface area contributed by atoms with Gasteiger partial charge in [0.15, 0.2) is 0 Å². The Labute approximate surface area is 118 Å². The van der Waals surface area contributed by atoms with E-state index in [0.717, 1.165) is 31.9 Å². The van der Waals surface area contributed by atoms with E-state index in [9.17, 15) is 9.18 Å². The molecule has 0 saturated carbocycles. The molecule has 1 N–H and O–H groups in total. The van der Waals surface area contributed by atoms with Crippen molar-refractivity contribution < 1.29 is 14.3 Å². The molecule has 1 aliphatic heterocycles. The lowest BCUT2D eigenvalue weighted by atomic mass is 10.0. The lowest BCUT2D eigenvalue weighted by Gasteiger charge is -2.40. The normalized spacial score (nSPS) is 19.6. The van der Waals surface area contributed by atoms with Crippen LogP contribution in [-0.2, 0) is 4.79 Å². The molecule has 0 aromatic heterocycles. The molecule has 1 saturated heterocycles. The molecule has 0 aliphatic carbocycles. The summed E-state index contributed by atoms with van der Waals surface area (Å²) < 4.78 is 12.9. The van der Waals surface area contributed by atoms with E-state index in [2.05, 4.69) is 9.80 Å². The smallest absolute Gasteiger partial charge is 0.307 e. The van der Waals surface area contributed by atoms with E-state index in [1.165, 1.54) is 12.1 Å². The highest BCUT2D eigenvalue weighted by Crippen LogP contribution is 2.19. The fourth-order valence-corrected chi connectivity index (χ4v) is 2.56. The highest BCUT2D eigenvalue weighted by atomic mass is 19.1. The van der Waals surface area contributed by atoms with Gasteiger partial charge in [-0.05, 0) is 31.2 Å². The second kappa shape index (κ2) is 6.22. The Morgan fingerprint density at radius 2 is 1.70 bits per heavy atom. The van der Waals surface area contributed by atoms with Crippen LogP contribution in [0.2, 0.25) is 0 Å². The van der Waals surface area contributed by atoms with Gasteiger partial charge in [0.25, 0.3) is 0 Å². The number of aliphatic carboxylic acids is 1. The van der Waals surface area contributed by atoms with Crippen LogP contribution >= 0.6 is 0 Å². The predicted molar refractivity (Wildman–Crippen MR) is 76.4 cm³/mol. The van der Waals surface area contributed by atoms with E-state index in [0.29, 0.717) is 0 Å². The number of hydrogen-bond donors (Lipinski definition) is 1. The number of benzene rings is 1. The van der Waals surface area contributed by atoms with E-state index in [1.807, 2.05) is 6.92 Å². The zero-order chi connectivity index (χ0) is 14.7. The molecule has 5 heteroatoms. The van der Waals surface area contributed by atoms with Gasteiger partial charge in [0, 0.05) is 37.9 Å². The quantitative estimate of drug-likeness (QED) is 0.917. The Morgan fingerprint density at radius 1 is 1.15 bits per heavy atom.